The SMILES string of the molecule is COc1cccc([C@@H](C)NC(=O)Cc2cccs2)c1. The quantitative estimate of drug-likeness (QED) is 0.910. The van der Waals surface area contributed by atoms with Crippen molar-refractivity contribution < 1.29 is 9.53 Å². The maximum atomic E-state index is 11.9. The summed E-state index contributed by atoms with van der Waals surface area (Å²) in [4.78, 5) is 13.0. The van der Waals surface area contributed by atoms with Gasteiger partial charge in [0.05, 0.1) is 19.6 Å². The number of nitrogens with one attached hydrogen (secondary N) is 1. The fourth-order valence-corrected chi connectivity index (χ4v) is 2.56. The van der Waals surface area contributed by atoms with Gasteiger partial charge < -0.3 is 10.1 Å². The van der Waals surface area contributed by atoms with E-state index in [-0.39, 0.29) is 11.9 Å². The minimum atomic E-state index is -0.0254. The molecule has 0 aliphatic heterocycles. The number of carbonyl (C=O) groups excluding carboxylic acids is 1. The van der Waals surface area contributed by atoms with E-state index in [1.54, 1.807) is 18.4 Å². The normalized spacial score (nSPS) is 11.9. The highest BCUT2D eigenvalue weighted by Gasteiger charge is 2.11. The average Bonchev–Trinajstić information content (AvgIpc) is 2.91. The molecule has 0 bridgehead atoms. The first kappa shape index (κ1) is 13.6. The van der Waals surface area contributed by atoms with Crippen LogP contribution in [0.4, 0.5) is 0 Å². The van der Waals surface area contributed by atoms with Crippen LogP contribution in [0.5, 0.6) is 5.75 Å². The van der Waals surface area contributed by atoms with Crippen molar-refractivity contribution in [3.8, 4) is 5.75 Å². The zero-order chi connectivity index (χ0) is 13.7. The Morgan fingerprint density at radius 3 is 2.89 bits per heavy atom. The third-order valence-corrected chi connectivity index (χ3v) is 3.76. The van der Waals surface area contributed by atoms with Crippen LogP contribution in [0.1, 0.15) is 23.4 Å². The third kappa shape index (κ3) is 3.83. The summed E-state index contributed by atoms with van der Waals surface area (Å²) in [5.41, 5.74) is 1.04. The Balaban J connectivity index is 1.96. The molecular formula is C15H17NO2S. The van der Waals surface area contributed by atoms with Crippen molar-refractivity contribution in [2.75, 3.05) is 7.11 Å². The van der Waals surface area contributed by atoms with E-state index in [1.165, 1.54) is 0 Å². The molecule has 1 aromatic carbocycles. The predicted octanol–water partition coefficient (Wildman–Crippen LogP) is 3.18. The average molecular weight is 275 g/mol. The highest BCUT2D eigenvalue weighted by molar-refractivity contribution is 7.10. The number of thiophene rings is 1. The molecule has 0 aliphatic rings. The molecule has 0 fully saturated rings. The van der Waals surface area contributed by atoms with Crippen molar-refractivity contribution in [2.24, 2.45) is 0 Å². The van der Waals surface area contributed by atoms with E-state index in [1.807, 2.05) is 48.7 Å². The molecular weight excluding hydrogens is 258 g/mol. The highest BCUT2D eigenvalue weighted by atomic mass is 32.1. The number of benzene rings is 1. The number of hydrogen-bond donors (Lipinski definition) is 1. The zero-order valence-corrected chi connectivity index (χ0v) is 11.9. The molecule has 1 amide bonds. The number of ether oxygens (including phenoxy) is 1. The summed E-state index contributed by atoms with van der Waals surface area (Å²) in [6.45, 7) is 1.97. The Morgan fingerprint density at radius 1 is 1.37 bits per heavy atom. The molecule has 0 unspecified atom stereocenters. The maximum Gasteiger partial charge on any atom is 0.225 e. The zero-order valence-electron chi connectivity index (χ0n) is 11.1. The Hall–Kier alpha value is -1.81. The molecule has 0 spiro atoms. The van der Waals surface area contributed by atoms with Crippen molar-refractivity contribution in [2.45, 2.75) is 19.4 Å². The molecule has 0 radical (unpaired) electrons. The number of rotatable bonds is 5. The molecule has 1 atom stereocenters. The second kappa shape index (κ2) is 6.38. The summed E-state index contributed by atoms with van der Waals surface area (Å²) in [5, 5.41) is 4.98. The fourth-order valence-electron chi connectivity index (χ4n) is 1.86. The minimum absolute atomic E-state index is 0.0254. The van der Waals surface area contributed by atoms with Crippen molar-refractivity contribution >= 4 is 17.2 Å². The van der Waals surface area contributed by atoms with E-state index in [0.717, 1.165) is 16.2 Å². The lowest BCUT2D eigenvalue weighted by atomic mass is 10.1. The van der Waals surface area contributed by atoms with E-state index in [0.29, 0.717) is 6.42 Å². The molecule has 100 valence electrons. The number of carbonyl (C=O) groups is 1. The second-order valence-electron chi connectivity index (χ2n) is 4.32. The summed E-state index contributed by atoms with van der Waals surface area (Å²) in [6.07, 6.45) is 0.436. The van der Waals surface area contributed by atoms with Crippen molar-refractivity contribution in [3.05, 3.63) is 52.2 Å². The molecule has 3 nitrogen and oxygen atoms in total. The van der Waals surface area contributed by atoms with Crippen molar-refractivity contribution in [1.29, 1.82) is 0 Å². The van der Waals surface area contributed by atoms with Crippen LogP contribution in [0.25, 0.3) is 0 Å². The van der Waals surface area contributed by atoms with Gasteiger partial charge in [-0.05, 0) is 36.1 Å². The molecule has 2 aromatic rings. The Bertz CT molecular complexity index is 537. The van der Waals surface area contributed by atoms with Crippen LogP contribution in [-0.4, -0.2) is 13.0 Å². The predicted molar refractivity (Wildman–Crippen MR) is 77.6 cm³/mol. The van der Waals surface area contributed by atoms with Gasteiger partial charge in [-0.2, -0.15) is 0 Å². The maximum absolute atomic E-state index is 11.9. The van der Waals surface area contributed by atoms with Crippen LogP contribution in [0.15, 0.2) is 41.8 Å². The first-order chi connectivity index (χ1) is 9.19. The van der Waals surface area contributed by atoms with E-state index in [2.05, 4.69) is 5.32 Å². The van der Waals surface area contributed by atoms with E-state index >= 15 is 0 Å². The lowest BCUT2D eigenvalue weighted by molar-refractivity contribution is -0.121. The third-order valence-electron chi connectivity index (χ3n) is 2.89. The van der Waals surface area contributed by atoms with Gasteiger partial charge >= 0.3 is 0 Å². The van der Waals surface area contributed by atoms with E-state index in [9.17, 15) is 4.79 Å². The number of amides is 1. The van der Waals surface area contributed by atoms with Crippen molar-refractivity contribution in [1.82, 2.24) is 5.32 Å². The Morgan fingerprint density at radius 2 is 2.21 bits per heavy atom. The van der Waals surface area contributed by atoms with Crippen LogP contribution >= 0.6 is 11.3 Å². The Labute approximate surface area is 117 Å². The largest absolute Gasteiger partial charge is 0.497 e. The molecule has 2 rings (SSSR count). The summed E-state index contributed by atoms with van der Waals surface area (Å²) in [6, 6.07) is 11.6. The molecule has 1 heterocycles. The lowest BCUT2D eigenvalue weighted by Gasteiger charge is -2.15. The highest BCUT2D eigenvalue weighted by Crippen LogP contribution is 2.19. The molecule has 0 saturated carbocycles. The summed E-state index contributed by atoms with van der Waals surface area (Å²) in [7, 11) is 1.64. The summed E-state index contributed by atoms with van der Waals surface area (Å²) < 4.78 is 5.18. The van der Waals surface area contributed by atoms with Crippen LogP contribution in [-0.2, 0) is 11.2 Å². The van der Waals surface area contributed by atoms with Gasteiger partial charge in [0.1, 0.15) is 5.75 Å². The van der Waals surface area contributed by atoms with E-state index in [4.69, 9.17) is 4.74 Å². The van der Waals surface area contributed by atoms with Gasteiger partial charge in [-0.3, -0.25) is 4.79 Å². The Kier molecular flexibility index (Phi) is 4.58. The number of methoxy groups -OCH3 is 1. The first-order valence-corrected chi connectivity index (χ1v) is 7.02. The van der Waals surface area contributed by atoms with Gasteiger partial charge in [0.25, 0.3) is 0 Å². The van der Waals surface area contributed by atoms with Crippen molar-refractivity contribution in [3.63, 3.8) is 0 Å². The molecule has 1 aromatic heterocycles. The number of hydrogen-bond acceptors (Lipinski definition) is 3. The molecule has 19 heavy (non-hydrogen) atoms. The van der Waals surface area contributed by atoms with Crippen LogP contribution in [0, 0.1) is 0 Å². The standard InChI is InChI=1S/C15H17NO2S/c1-11(12-5-3-6-13(9-12)18-2)16-15(17)10-14-7-4-8-19-14/h3-9,11H,10H2,1-2H3,(H,16,17)/t11-/m1/s1. The van der Waals surface area contributed by atoms with Gasteiger partial charge in [-0.15, -0.1) is 11.3 Å². The monoisotopic (exact) mass is 275 g/mol. The minimum Gasteiger partial charge on any atom is -0.497 e. The van der Waals surface area contributed by atoms with Crippen LogP contribution in [0.2, 0.25) is 0 Å². The summed E-state index contributed by atoms with van der Waals surface area (Å²) in [5.74, 6) is 0.842. The van der Waals surface area contributed by atoms with Gasteiger partial charge in [-0.25, -0.2) is 0 Å². The van der Waals surface area contributed by atoms with Gasteiger partial charge in [0.2, 0.25) is 5.91 Å². The fraction of sp³-hybridized carbons (Fsp3) is 0.267. The van der Waals surface area contributed by atoms with Gasteiger partial charge in [0, 0.05) is 4.88 Å². The smallest absolute Gasteiger partial charge is 0.225 e. The molecule has 0 saturated heterocycles. The molecule has 0 aliphatic carbocycles. The molecule has 1 N–H and O–H groups in total. The lowest BCUT2D eigenvalue weighted by Crippen LogP contribution is -2.27. The van der Waals surface area contributed by atoms with Crippen LogP contribution in [0.3, 0.4) is 0 Å². The van der Waals surface area contributed by atoms with Crippen LogP contribution < -0.4 is 10.1 Å². The first-order valence-electron chi connectivity index (χ1n) is 6.14. The summed E-state index contributed by atoms with van der Waals surface area (Å²) >= 11 is 1.60. The topological polar surface area (TPSA) is 38.3 Å². The van der Waals surface area contributed by atoms with E-state index < -0.39 is 0 Å². The second-order valence-corrected chi connectivity index (χ2v) is 5.35. The van der Waals surface area contributed by atoms with Gasteiger partial charge in [-0.1, -0.05) is 18.2 Å². The van der Waals surface area contributed by atoms with Gasteiger partial charge in [0.15, 0.2) is 0 Å². The molecule has 4 heteroatoms.